The molecule has 0 unspecified atom stereocenters. The third-order valence-corrected chi connectivity index (χ3v) is 7.25. The van der Waals surface area contributed by atoms with Gasteiger partial charge in [-0.05, 0) is 54.8 Å². The van der Waals surface area contributed by atoms with Gasteiger partial charge in [0.05, 0.1) is 22.0 Å². The van der Waals surface area contributed by atoms with Gasteiger partial charge >= 0.3 is 0 Å². The highest BCUT2D eigenvalue weighted by Gasteiger charge is 2.38. The number of likely N-dealkylation sites (tertiary alicyclic amines) is 1. The van der Waals surface area contributed by atoms with E-state index in [1.54, 1.807) is 23.1 Å². The van der Waals surface area contributed by atoms with Crippen LogP contribution in [-0.4, -0.2) is 52.3 Å². The summed E-state index contributed by atoms with van der Waals surface area (Å²) in [6, 6.07) is 4.76. The van der Waals surface area contributed by atoms with Crippen molar-refractivity contribution < 1.29 is 19.2 Å². The highest BCUT2D eigenvalue weighted by Crippen LogP contribution is 2.37. The Morgan fingerprint density at radius 3 is 2.47 bits per heavy atom. The van der Waals surface area contributed by atoms with Crippen molar-refractivity contribution in [1.29, 1.82) is 0 Å². The summed E-state index contributed by atoms with van der Waals surface area (Å²) in [5, 5.41) is 0.373. The first-order valence-corrected chi connectivity index (χ1v) is 12.4. The molecule has 172 valence electrons. The first kappa shape index (κ1) is 24.8. The van der Waals surface area contributed by atoms with Crippen LogP contribution in [0.25, 0.3) is 0 Å². The average Bonchev–Trinajstić information content (AvgIpc) is 3.06. The van der Waals surface area contributed by atoms with E-state index in [4.69, 9.17) is 23.2 Å². The quantitative estimate of drug-likeness (QED) is 0.339. The van der Waals surface area contributed by atoms with E-state index in [0.717, 1.165) is 47.9 Å². The van der Waals surface area contributed by atoms with Gasteiger partial charge in [0, 0.05) is 24.5 Å². The van der Waals surface area contributed by atoms with Gasteiger partial charge in [-0.1, -0.05) is 49.4 Å². The molecule has 0 aliphatic carbocycles. The largest absolute Gasteiger partial charge is 0.338 e. The third-order valence-electron chi connectivity index (χ3n) is 5.63. The highest BCUT2D eigenvalue weighted by molar-refractivity contribution is 8.18. The summed E-state index contributed by atoms with van der Waals surface area (Å²) in [4.78, 5) is 53.3. The lowest BCUT2D eigenvalue weighted by atomic mass is 10.0. The van der Waals surface area contributed by atoms with Crippen LogP contribution in [0, 0.1) is 0 Å². The van der Waals surface area contributed by atoms with E-state index in [1.165, 1.54) is 0 Å². The molecular formula is C23H26Cl2N2O4S. The fourth-order valence-corrected chi connectivity index (χ4v) is 5.14. The highest BCUT2D eigenvalue weighted by atomic mass is 35.5. The Bertz CT molecular complexity index is 953. The summed E-state index contributed by atoms with van der Waals surface area (Å²) in [7, 11) is 0. The predicted octanol–water partition coefficient (Wildman–Crippen LogP) is 5.72. The minimum Gasteiger partial charge on any atom is -0.338 e. The molecule has 0 radical (unpaired) electrons. The monoisotopic (exact) mass is 496 g/mol. The second-order valence-corrected chi connectivity index (χ2v) is 9.76. The van der Waals surface area contributed by atoms with Crippen molar-refractivity contribution in [1.82, 2.24) is 9.80 Å². The van der Waals surface area contributed by atoms with E-state index < -0.39 is 11.1 Å². The number of nitrogens with zero attached hydrogens (tertiary/aromatic N) is 2. The first-order chi connectivity index (χ1) is 15.3. The van der Waals surface area contributed by atoms with Crippen LogP contribution < -0.4 is 0 Å². The summed E-state index contributed by atoms with van der Waals surface area (Å²) >= 11 is 13.0. The number of hydrogen-bond donors (Lipinski definition) is 0. The Labute approximate surface area is 202 Å². The van der Waals surface area contributed by atoms with Crippen LogP contribution in [0.1, 0.15) is 62.2 Å². The van der Waals surface area contributed by atoms with E-state index >= 15 is 0 Å². The maximum Gasteiger partial charge on any atom is 0.293 e. The summed E-state index contributed by atoms with van der Waals surface area (Å²) in [6.45, 7) is 2.77. The number of Topliss-reactive ketones (excluding diaryl/α,β-unsaturated/α-hetero) is 1. The minimum atomic E-state index is -0.399. The molecule has 2 saturated heterocycles. The van der Waals surface area contributed by atoms with E-state index in [2.05, 4.69) is 6.92 Å². The fourth-order valence-electron chi connectivity index (χ4n) is 3.79. The number of ketones is 1. The number of thioether (sulfide) groups is 1. The van der Waals surface area contributed by atoms with E-state index in [-0.39, 0.29) is 18.2 Å². The minimum absolute atomic E-state index is 0.0894. The Morgan fingerprint density at radius 2 is 1.78 bits per heavy atom. The second-order valence-electron chi connectivity index (χ2n) is 7.96. The van der Waals surface area contributed by atoms with E-state index in [1.807, 2.05) is 0 Å². The van der Waals surface area contributed by atoms with Crippen LogP contribution in [0.4, 0.5) is 4.79 Å². The number of carbonyl (C=O) groups excluding carboxylic acids is 4. The van der Waals surface area contributed by atoms with Gasteiger partial charge in [-0.25, -0.2) is 0 Å². The third kappa shape index (κ3) is 5.94. The average molecular weight is 497 g/mol. The molecule has 1 aromatic carbocycles. The zero-order valence-corrected chi connectivity index (χ0v) is 20.3. The van der Waals surface area contributed by atoms with E-state index in [9.17, 15) is 19.2 Å². The number of carbonyl (C=O) groups is 4. The lowest BCUT2D eigenvalue weighted by Crippen LogP contribution is -2.37. The molecule has 0 N–H and O–H groups in total. The molecule has 32 heavy (non-hydrogen) atoms. The van der Waals surface area contributed by atoms with Crippen LogP contribution >= 0.6 is 35.0 Å². The Kier molecular flexibility index (Phi) is 8.79. The molecule has 2 fully saturated rings. The molecule has 0 spiro atoms. The van der Waals surface area contributed by atoms with Crippen LogP contribution in [0.3, 0.4) is 0 Å². The fraction of sp³-hybridized carbons (Fsp3) is 0.478. The SMILES string of the molecule is CCCCCCC(=O)CN1C(=O)SC(=C2CCN(C(=O)c3cc(Cl)ccc3Cl)CC2)C1=O. The van der Waals surface area contributed by atoms with Crippen LogP contribution in [0.15, 0.2) is 28.7 Å². The number of unbranched alkanes of at least 4 members (excludes halogenated alkanes) is 3. The Balaban J connectivity index is 1.59. The normalized spacial score (nSPS) is 16.8. The van der Waals surface area contributed by atoms with Crippen molar-refractivity contribution in [2.75, 3.05) is 19.6 Å². The van der Waals surface area contributed by atoms with Crippen LogP contribution in [-0.2, 0) is 9.59 Å². The van der Waals surface area contributed by atoms with Gasteiger partial charge in [0.25, 0.3) is 17.1 Å². The summed E-state index contributed by atoms with van der Waals surface area (Å²) in [5.41, 5.74) is 1.20. The molecule has 0 aromatic heterocycles. The smallest absolute Gasteiger partial charge is 0.293 e. The molecule has 6 nitrogen and oxygen atoms in total. The molecule has 3 rings (SSSR count). The topological polar surface area (TPSA) is 74.8 Å². The Morgan fingerprint density at radius 1 is 1.06 bits per heavy atom. The van der Waals surface area contributed by atoms with Gasteiger partial charge in [0.15, 0.2) is 5.78 Å². The van der Waals surface area contributed by atoms with Crippen molar-refractivity contribution in [2.24, 2.45) is 0 Å². The lowest BCUT2D eigenvalue weighted by Gasteiger charge is -2.29. The molecular weight excluding hydrogens is 471 g/mol. The molecule has 2 aliphatic heterocycles. The van der Waals surface area contributed by atoms with Crippen LogP contribution in [0.5, 0.6) is 0 Å². The number of amides is 3. The van der Waals surface area contributed by atoms with Crippen LogP contribution in [0.2, 0.25) is 10.0 Å². The molecule has 1 aromatic rings. The number of hydrogen-bond acceptors (Lipinski definition) is 5. The van der Waals surface area contributed by atoms with E-state index in [0.29, 0.717) is 52.9 Å². The van der Waals surface area contributed by atoms with Crippen molar-refractivity contribution >= 4 is 57.8 Å². The standard InChI is InChI=1S/C23H26Cl2N2O4S/c1-2-3-4-5-6-17(28)14-27-22(30)20(32-23(27)31)15-9-11-26(12-10-15)21(29)18-13-16(24)7-8-19(18)25/h7-8,13H,2-6,9-12,14H2,1H3. The van der Waals surface area contributed by atoms with Gasteiger partial charge in [0.1, 0.15) is 0 Å². The van der Waals surface area contributed by atoms with Gasteiger partial charge in [-0.2, -0.15) is 0 Å². The zero-order chi connectivity index (χ0) is 23.3. The van der Waals surface area contributed by atoms with Gasteiger partial charge < -0.3 is 4.90 Å². The number of benzene rings is 1. The van der Waals surface area contributed by atoms with Crippen molar-refractivity contribution in [3.63, 3.8) is 0 Å². The zero-order valence-electron chi connectivity index (χ0n) is 18.0. The maximum atomic E-state index is 12.8. The van der Waals surface area contributed by atoms with Gasteiger partial charge in [-0.15, -0.1) is 0 Å². The number of halogens is 2. The first-order valence-electron chi connectivity index (χ1n) is 10.8. The van der Waals surface area contributed by atoms with Gasteiger partial charge in [-0.3, -0.25) is 24.1 Å². The number of rotatable bonds is 8. The van der Waals surface area contributed by atoms with Gasteiger partial charge in [0.2, 0.25) is 0 Å². The molecule has 2 aliphatic rings. The number of imide groups is 1. The molecule has 0 bridgehead atoms. The van der Waals surface area contributed by atoms with Crippen molar-refractivity contribution in [3.05, 3.63) is 44.3 Å². The Hall–Kier alpha value is -1.83. The lowest BCUT2D eigenvalue weighted by molar-refractivity contribution is -0.128. The molecule has 0 saturated carbocycles. The predicted molar refractivity (Wildman–Crippen MR) is 127 cm³/mol. The summed E-state index contributed by atoms with van der Waals surface area (Å²) in [6.07, 6.45) is 5.28. The number of piperidine rings is 1. The molecule has 0 atom stereocenters. The summed E-state index contributed by atoms with van der Waals surface area (Å²) < 4.78 is 0. The molecule has 3 amide bonds. The van der Waals surface area contributed by atoms with Crippen molar-refractivity contribution in [2.45, 2.75) is 51.9 Å². The maximum absolute atomic E-state index is 12.8. The summed E-state index contributed by atoms with van der Waals surface area (Å²) in [5.74, 6) is -0.693. The van der Waals surface area contributed by atoms with Crippen molar-refractivity contribution in [3.8, 4) is 0 Å². The molecule has 9 heteroatoms. The molecule has 2 heterocycles. The second kappa shape index (κ2) is 11.3.